The minimum Gasteiger partial charge on any atom is -0.444 e. The first-order chi connectivity index (χ1) is 6.42. The average Bonchev–Trinajstić information content (AvgIpc) is 1.91. The Balaban J connectivity index is 2.26. The number of carbonyl (C=O) groups is 1. The number of aliphatic imine (C=N–C) groups is 1. The fraction of sp³-hybridized carbons (Fsp3) is 0.800. The van der Waals surface area contributed by atoms with Crippen LogP contribution in [0.3, 0.4) is 0 Å². The zero-order valence-corrected chi connectivity index (χ0v) is 9.12. The molecule has 0 aliphatic carbocycles. The van der Waals surface area contributed by atoms with Gasteiger partial charge in [-0.2, -0.15) is 0 Å². The topological polar surface area (TPSA) is 41.9 Å². The number of hydrogen-bond donors (Lipinski definition) is 0. The van der Waals surface area contributed by atoms with Gasteiger partial charge in [0.2, 0.25) is 0 Å². The summed E-state index contributed by atoms with van der Waals surface area (Å²) in [6.07, 6.45) is -0.224. The lowest BCUT2D eigenvalue weighted by Crippen LogP contribution is -2.52. The first kappa shape index (κ1) is 11.0. The molecule has 0 atom stereocenters. The molecule has 14 heavy (non-hydrogen) atoms. The summed E-state index contributed by atoms with van der Waals surface area (Å²) in [5.74, 6) is 0.472. The first-order valence-electron chi connectivity index (χ1n) is 4.83. The summed E-state index contributed by atoms with van der Waals surface area (Å²) in [4.78, 5) is 16.9. The van der Waals surface area contributed by atoms with Gasteiger partial charge in [0.05, 0.1) is 0 Å². The Kier molecular flexibility index (Phi) is 3.13. The molecule has 1 amide bonds. The Morgan fingerprint density at radius 3 is 2.57 bits per heavy atom. The van der Waals surface area contributed by atoms with Crippen LogP contribution in [-0.2, 0) is 4.74 Å². The van der Waals surface area contributed by atoms with E-state index in [0.29, 0.717) is 5.92 Å². The van der Waals surface area contributed by atoms with E-state index in [1.165, 1.54) is 0 Å². The van der Waals surface area contributed by atoms with Gasteiger partial charge >= 0.3 is 6.09 Å². The molecule has 0 spiro atoms. The minimum atomic E-state index is -0.404. The van der Waals surface area contributed by atoms with Crippen molar-refractivity contribution < 1.29 is 9.53 Å². The maximum Gasteiger partial charge on any atom is 0.410 e. The maximum absolute atomic E-state index is 11.4. The van der Waals surface area contributed by atoms with E-state index in [4.69, 9.17) is 4.74 Å². The molecule has 4 heteroatoms. The molecule has 0 unspecified atom stereocenters. The van der Waals surface area contributed by atoms with Crippen LogP contribution in [0.25, 0.3) is 0 Å². The molecule has 1 fully saturated rings. The number of nitrogens with zero attached hydrogens (tertiary/aromatic N) is 2. The summed E-state index contributed by atoms with van der Waals surface area (Å²) in [6.45, 7) is 11.3. The summed E-state index contributed by atoms with van der Waals surface area (Å²) in [5, 5.41) is 0. The molecule has 4 nitrogen and oxygen atoms in total. The van der Waals surface area contributed by atoms with Crippen LogP contribution >= 0.6 is 0 Å². The van der Waals surface area contributed by atoms with Gasteiger partial charge in [-0.05, 0) is 27.5 Å². The molecule has 0 radical (unpaired) electrons. The molecule has 1 saturated heterocycles. The number of ether oxygens (including phenoxy) is 1. The monoisotopic (exact) mass is 198 g/mol. The summed E-state index contributed by atoms with van der Waals surface area (Å²) < 4.78 is 5.21. The summed E-state index contributed by atoms with van der Waals surface area (Å²) >= 11 is 0. The smallest absolute Gasteiger partial charge is 0.410 e. The fourth-order valence-electron chi connectivity index (χ4n) is 1.34. The molecule has 1 aliphatic heterocycles. The minimum absolute atomic E-state index is 0.224. The molecule has 0 saturated carbocycles. The van der Waals surface area contributed by atoms with Crippen molar-refractivity contribution in [3.8, 4) is 0 Å². The van der Waals surface area contributed by atoms with Gasteiger partial charge in [-0.25, -0.2) is 4.79 Å². The van der Waals surface area contributed by atoms with Crippen molar-refractivity contribution in [2.24, 2.45) is 10.9 Å². The highest BCUT2D eigenvalue weighted by molar-refractivity contribution is 5.69. The lowest BCUT2D eigenvalue weighted by Gasteiger charge is -2.39. The van der Waals surface area contributed by atoms with Crippen LogP contribution in [-0.4, -0.2) is 42.9 Å². The van der Waals surface area contributed by atoms with Gasteiger partial charge in [0, 0.05) is 25.6 Å². The molecule has 0 aromatic heterocycles. The molecule has 0 bridgehead atoms. The fourth-order valence-corrected chi connectivity index (χ4v) is 1.34. The number of carbonyl (C=O) groups excluding carboxylic acids is 1. The molecular weight excluding hydrogens is 180 g/mol. The normalized spacial score (nSPS) is 17.5. The van der Waals surface area contributed by atoms with E-state index in [1.807, 2.05) is 20.8 Å². The number of likely N-dealkylation sites (tertiary alicyclic amines) is 1. The van der Waals surface area contributed by atoms with Crippen molar-refractivity contribution in [3.63, 3.8) is 0 Å². The zero-order valence-electron chi connectivity index (χ0n) is 9.12. The largest absolute Gasteiger partial charge is 0.444 e. The van der Waals surface area contributed by atoms with E-state index in [9.17, 15) is 4.79 Å². The van der Waals surface area contributed by atoms with Gasteiger partial charge in [0.15, 0.2) is 0 Å². The van der Waals surface area contributed by atoms with Crippen molar-refractivity contribution >= 4 is 12.8 Å². The highest BCUT2D eigenvalue weighted by atomic mass is 16.6. The quantitative estimate of drug-likeness (QED) is 0.632. The van der Waals surface area contributed by atoms with E-state index in [-0.39, 0.29) is 6.09 Å². The summed E-state index contributed by atoms with van der Waals surface area (Å²) in [5.41, 5.74) is -0.404. The second kappa shape index (κ2) is 3.98. The second-order valence-corrected chi connectivity index (χ2v) is 4.66. The van der Waals surface area contributed by atoms with Gasteiger partial charge in [0.1, 0.15) is 5.60 Å². The Morgan fingerprint density at radius 2 is 2.14 bits per heavy atom. The number of amides is 1. The Morgan fingerprint density at radius 1 is 1.57 bits per heavy atom. The molecule has 0 aromatic carbocycles. The third kappa shape index (κ3) is 3.01. The van der Waals surface area contributed by atoms with E-state index < -0.39 is 5.60 Å². The maximum atomic E-state index is 11.4. The Bertz CT molecular complexity index is 227. The lowest BCUT2D eigenvalue weighted by molar-refractivity contribution is 0.000426. The molecule has 1 aliphatic rings. The van der Waals surface area contributed by atoms with Crippen LogP contribution in [0.2, 0.25) is 0 Å². The van der Waals surface area contributed by atoms with Crippen molar-refractivity contribution in [2.75, 3.05) is 19.6 Å². The van der Waals surface area contributed by atoms with Gasteiger partial charge in [0.25, 0.3) is 0 Å². The number of rotatable bonds is 2. The van der Waals surface area contributed by atoms with E-state index in [0.717, 1.165) is 19.6 Å². The molecule has 1 heterocycles. The van der Waals surface area contributed by atoms with Crippen LogP contribution < -0.4 is 0 Å². The first-order valence-corrected chi connectivity index (χ1v) is 4.83. The van der Waals surface area contributed by atoms with Crippen molar-refractivity contribution in [3.05, 3.63) is 0 Å². The van der Waals surface area contributed by atoms with Gasteiger partial charge in [-0.15, -0.1) is 0 Å². The third-order valence-corrected chi connectivity index (χ3v) is 2.00. The van der Waals surface area contributed by atoms with Crippen molar-refractivity contribution in [1.29, 1.82) is 0 Å². The van der Waals surface area contributed by atoms with Crippen molar-refractivity contribution in [2.45, 2.75) is 26.4 Å². The lowest BCUT2D eigenvalue weighted by atomic mass is 10.0. The Labute approximate surface area is 84.9 Å². The standard InChI is InChI=1S/C10H18N2O2/c1-10(2,3)14-9(13)12-6-8(7-12)5-11-4/h8H,4-7H2,1-3H3. The van der Waals surface area contributed by atoms with E-state index in [1.54, 1.807) is 4.90 Å². The molecular formula is C10H18N2O2. The van der Waals surface area contributed by atoms with E-state index in [2.05, 4.69) is 11.7 Å². The van der Waals surface area contributed by atoms with Crippen LogP contribution in [0.15, 0.2) is 4.99 Å². The summed E-state index contributed by atoms with van der Waals surface area (Å²) in [6, 6.07) is 0. The predicted octanol–water partition coefficient (Wildman–Crippen LogP) is 1.55. The van der Waals surface area contributed by atoms with Crippen LogP contribution in [0, 0.1) is 5.92 Å². The van der Waals surface area contributed by atoms with Crippen LogP contribution in [0.1, 0.15) is 20.8 Å². The van der Waals surface area contributed by atoms with Gasteiger partial charge < -0.3 is 14.6 Å². The zero-order chi connectivity index (χ0) is 10.8. The van der Waals surface area contributed by atoms with Crippen LogP contribution in [0.5, 0.6) is 0 Å². The molecule has 1 rings (SSSR count). The Hall–Kier alpha value is -1.06. The highest BCUT2D eigenvalue weighted by Gasteiger charge is 2.32. The number of hydrogen-bond acceptors (Lipinski definition) is 3. The van der Waals surface area contributed by atoms with Gasteiger partial charge in [-0.3, -0.25) is 0 Å². The SMILES string of the molecule is C=NCC1CN(C(=O)OC(C)(C)C)C1. The van der Waals surface area contributed by atoms with E-state index >= 15 is 0 Å². The summed E-state index contributed by atoms with van der Waals surface area (Å²) in [7, 11) is 0. The van der Waals surface area contributed by atoms with Crippen molar-refractivity contribution in [1.82, 2.24) is 4.90 Å². The molecule has 0 N–H and O–H groups in total. The highest BCUT2D eigenvalue weighted by Crippen LogP contribution is 2.19. The second-order valence-electron chi connectivity index (χ2n) is 4.66. The molecule has 0 aromatic rings. The average molecular weight is 198 g/mol. The predicted molar refractivity (Wildman–Crippen MR) is 55.7 cm³/mol. The van der Waals surface area contributed by atoms with Crippen LogP contribution in [0.4, 0.5) is 4.79 Å². The van der Waals surface area contributed by atoms with Gasteiger partial charge in [-0.1, -0.05) is 0 Å². The molecule has 80 valence electrons. The third-order valence-electron chi connectivity index (χ3n) is 2.00.